The molecule has 0 aromatic heterocycles. The summed E-state index contributed by atoms with van der Waals surface area (Å²) in [7, 11) is 0. The predicted molar refractivity (Wildman–Crippen MR) is 35.2 cm³/mol. The van der Waals surface area contributed by atoms with Gasteiger partial charge in [0.15, 0.2) is 0 Å². The highest BCUT2D eigenvalue weighted by Gasteiger charge is 2.32. The third-order valence-electron chi connectivity index (χ3n) is 1.08. The van der Waals surface area contributed by atoms with Gasteiger partial charge in [0.05, 0.1) is 6.61 Å². The number of carbonyl (C=O) groups excluding carboxylic acids is 1. The van der Waals surface area contributed by atoms with Crippen LogP contribution in [0.3, 0.4) is 0 Å². The lowest BCUT2D eigenvalue weighted by atomic mass is 10.1. The van der Waals surface area contributed by atoms with Crippen molar-refractivity contribution >= 4 is 5.97 Å². The first-order valence-corrected chi connectivity index (χ1v) is 3.10. The minimum Gasteiger partial charge on any atom is -0.464 e. The lowest BCUT2D eigenvalue weighted by Gasteiger charge is -2.14. The molecule has 1 atom stereocenters. The van der Waals surface area contributed by atoms with E-state index in [0.29, 0.717) is 0 Å². The lowest BCUT2D eigenvalue weighted by molar-refractivity contribution is -0.155. The maximum atomic E-state index is 12.8. The first-order valence-electron chi connectivity index (χ1n) is 3.10. The van der Waals surface area contributed by atoms with Crippen molar-refractivity contribution in [2.45, 2.75) is 19.5 Å². The largest absolute Gasteiger partial charge is 0.464 e. The highest BCUT2D eigenvalue weighted by Crippen LogP contribution is 2.09. The summed E-state index contributed by atoms with van der Waals surface area (Å²) >= 11 is 0. The SMILES string of the molecule is CCOC(=O)[C@@](C)(F)CN. The standard InChI is InChI=1S/C6H12FNO2/c1-3-10-5(9)6(2,7)4-8/h3-4,8H2,1-2H3/t6-/m0/s1. The van der Waals surface area contributed by atoms with Crippen molar-refractivity contribution in [3.8, 4) is 0 Å². The normalized spacial score (nSPS) is 16.0. The molecule has 60 valence electrons. The van der Waals surface area contributed by atoms with Crippen LogP contribution in [0.4, 0.5) is 4.39 Å². The molecule has 0 heterocycles. The van der Waals surface area contributed by atoms with Crippen LogP contribution in [0.15, 0.2) is 0 Å². The van der Waals surface area contributed by atoms with Crippen molar-refractivity contribution in [2.24, 2.45) is 5.73 Å². The second kappa shape index (κ2) is 3.51. The van der Waals surface area contributed by atoms with Crippen molar-refractivity contribution in [2.75, 3.05) is 13.2 Å². The lowest BCUT2D eigenvalue weighted by Crippen LogP contribution is -2.39. The summed E-state index contributed by atoms with van der Waals surface area (Å²) in [6, 6.07) is 0. The van der Waals surface area contributed by atoms with Gasteiger partial charge in [0.1, 0.15) is 0 Å². The maximum Gasteiger partial charge on any atom is 0.344 e. The van der Waals surface area contributed by atoms with E-state index in [-0.39, 0.29) is 13.2 Å². The molecule has 0 saturated heterocycles. The first-order chi connectivity index (χ1) is 4.54. The van der Waals surface area contributed by atoms with Gasteiger partial charge in [-0.15, -0.1) is 0 Å². The van der Waals surface area contributed by atoms with E-state index in [4.69, 9.17) is 5.73 Å². The van der Waals surface area contributed by atoms with Crippen LogP contribution in [0.25, 0.3) is 0 Å². The summed E-state index contributed by atoms with van der Waals surface area (Å²) in [5, 5.41) is 0. The van der Waals surface area contributed by atoms with Crippen molar-refractivity contribution < 1.29 is 13.9 Å². The number of halogens is 1. The monoisotopic (exact) mass is 149 g/mol. The van der Waals surface area contributed by atoms with Crippen LogP contribution in [0.5, 0.6) is 0 Å². The third kappa shape index (κ3) is 2.31. The number of alkyl halides is 1. The van der Waals surface area contributed by atoms with Crippen LogP contribution < -0.4 is 5.73 Å². The van der Waals surface area contributed by atoms with E-state index in [1.807, 2.05) is 0 Å². The molecule has 0 saturated carbocycles. The molecular formula is C6H12FNO2. The zero-order chi connectivity index (χ0) is 8.20. The summed E-state index contributed by atoms with van der Waals surface area (Å²) in [4.78, 5) is 10.6. The summed E-state index contributed by atoms with van der Waals surface area (Å²) in [6.45, 7) is 2.56. The fraction of sp³-hybridized carbons (Fsp3) is 0.833. The summed E-state index contributed by atoms with van der Waals surface area (Å²) in [5.41, 5.74) is 2.93. The molecular weight excluding hydrogens is 137 g/mol. The van der Waals surface area contributed by atoms with Gasteiger partial charge in [-0.25, -0.2) is 9.18 Å². The molecule has 0 aliphatic heterocycles. The zero-order valence-corrected chi connectivity index (χ0v) is 6.19. The Morgan fingerprint density at radius 3 is 2.60 bits per heavy atom. The average Bonchev–Trinajstić information content (AvgIpc) is 1.89. The molecule has 0 unspecified atom stereocenters. The van der Waals surface area contributed by atoms with E-state index in [1.54, 1.807) is 6.92 Å². The van der Waals surface area contributed by atoms with E-state index in [0.717, 1.165) is 6.92 Å². The number of esters is 1. The molecule has 4 heteroatoms. The third-order valence-corrected chi connectivity index (χ3v) is 1.08. The molecule has 0 aliphatic rings. The molecule has 0 rings (SSSR count). The molecule has 0 radical (unpaired) electrons. The van der Waals surface area contributed by atoms with E-state index in [9.17, 15) is 9.18 Å². The van der Waals surface area contributed by atoms with Crippen LogP contribution in [-0.2, 0) is 9.53 Å². The minimum atomic E-state index is -2.03. The summed E-state index contributed by atoms with van der Waals surface area (Å²) in [5.74, 6) is -0.891. The molecule has 0 amide bonds. The maximum absolute atomic E-state index is 12.8. The van der Waals surface area contributed by atoms with Crippen LogP contribution >= 0.6 is 0 Å². The molecule has 2 N–H and O–H groups in total. The molecule has 0 fully saturated rings. The number of ether oxygens (including phenoxy) is 1. The van der Waals surface area contributed by atoms with Crippen molar-refractivity contribution in [1.29, 1.82) is 0 Å². The molecule has 0 aromatic carbocycles. The zero-order valence-electron chi connectivity index (χ0n) is 6.19. The van der Waals surface area contributed by atoms with E-state index in [2.05, 4.69) is 4.74 Å². The predicted octanol–water partition coefficient (Wildman–Crippen LogP) is 0.236. The Balaban J connectivity index is 3.91. The second-order valence-corrected chi connectivity index (χ2v) is 2.12. The van der Waals surface area contributed by atoms with Gasteiger partial charge >= 0.3 is 5.97 Å². The van der Waals surface area contributed by atoms with Crippen molar-refractivity contribution in [3.05, 3.63) is 0 Å². The summed E-state index contributed by atoms with van der Waals surface area (Å²) in [6.07, 6.45) is 0. The Bertz CT molecular complexity index is 125. The van der Waals surface area contributed by atoms with Gasteiger partial charge in [0, 0.05) is 6.54 Å². The number of hydrogen-bond acceptors (Lipinski definition) is 3. The van der Waals surface area contributed by atoms with Gasteiger partial charge in [0.25, 0.3) is 0 Å². The molecule has 0 bridgehead atoms. The Kier molecular flexibility index (Phi) is 3.28. The molecule has 0 aliphatic carbocycles. The molecule has 3 nitrogen and oxygen atoms in total. The number of rotatable bonds is 3. The number of carbonyl (C=O) groups is 1. The van der Waals surface area contributed by atoms with E-state index < -0.39 is 11.6 Å². The Labute approximate surface area is 59.3 Å². The van der Waals surface area contributed by atoms with E-state index >= 15 is 0 Å². The minimum absolute atomic E-state index is 0.179. The van der Waals surface area contributed by atoms with Crippen LogP contribution in [-0.4, -0.2) is 24.8 Å². The average molecular weight is 149 g/mol. The Hall–Kier alpha value is -0.640. The molecule has 0 spiro atoms. The number of nitrogens with two attached hydrogens (primary N) is 1. The topological polar surface area (TPSA) is 52.3 Å². The van der Waals surface area contributed by atoms with Gasteiger partial charge in [-0.1, -0.05) is 0 Å². The van der Waals surface area contributed by atoms with Crippen LogP contribution in [0.2, 0.25) is 0 Å². The Morgan fingerprint density at radius 1 is 1.80 bits per heavy atom. The number of hydrogen-bond donors (Lipinski definition) is 1. The van der Waals surface area contributed by atoms with Crippen LogP contribution in [0, 0.1) is 0 Å². The van der Waals surface area contributed by atoms with E-state index in [1.165, 1.54) is 0 Å². The molecule has 0 aromatic rings. The highest BCUT2D eigenvalue weighted by molar-refractivity contribution is 5.79. The highest BCUT2D eigenvalue weighted by atomic mass is 19.1. The van der Waals surface area contributed by atoms with Gasteiger partial charge in [0.2, 0.25) is 5.67 Å². The second-order valence-electron chi connectivity index (χ2n) is 2.12. The van der Waals surface area contributed by atoms with Gasteiger partial charge in [-0.2, -0.15) is 0 Å². The Morgan fingerprint density at radius 2 is 2.30 bits per heavy atom. The smallest absolute Gasteiger partial charge is 0.344 e. The van der Waals surface area contributed by atoms with Gasteiger partial charge < -0.3 is 10.5 Å². The van der Waals surface area contributed by atoms with Gasteiger partial charge in [-0.3, -0.25) is 0 Å². The molecule has 10 heavy (non-hydrogen) atoms. The van der Waals surface area contributed by atoms with Gasteiger partial charge in [-0.05, 0) is 13.8 Å². The quantitative estimate of drug-likeness (QED) is 0.584. The van der Waals surface area contributed by atoms with Crippen molar-refractivity contribution in [1.82, 2.24) is 0 Å². The fourth-order valence-electron chi connectivity index (χ4n) is 0.365. The fourth-order valence-corrected chi connectivity index (χ4v) is 0.365. The van der Waals surface area contributed by atoms with Crippen LogP contribution in [0.1, 0.15) is 13.8 Å². The van der Waals surface area contributed by atoms with Crippen molar-refractivity contribution in [3.63, 3.8) is 0 Å². The first kappa shape index (κ1) is 9.36. The summed E-state index contributed by atoms with van der Waals surface area (Å²) < 4.78 is 17.2.